The molecular weight excluding hydrogens is 318 g/mol. The molecular formula is C18H21N5O2. The number of anilines is 2. The van der Waals surface area contributed by atoms with Crippen LogP contribution in [-0.2, 0) is 0 Å². The summed E-state index contributed by atoms with van der Waals surface area (Å²) in [5.74, 6) is 2.14. The van der Waals surface area contributed by atoms with Gasteiger partial charge in [0, 0.05) is 55.4 Å². The number of ether oxygens (including phenoxy) is 2. The third kappa shape index (κ3) is 3.91. The van der Waals surface area contributed by atoms with Gasteiger partial charge in [-0.2, -0.15) is 5.26 Å². The molecule has 1 fully saturated rings. The van der Waals surface area contributed by atoms with Gasteiger partial charge in [0.1, 0.15) is 17.6 Å². The second kappa shape index (κ2) is 7.71. The summed E-state index contributed by atoms with van der Waals surface area (Å²) >= 11 is 0. The summed E-state index contributed by atoms with van der Waals surface area (Å²) in [6.45, 7) is 1.62. The van der Waals surface area contributed by atoms with Crippen LogP contribution >= 0.6 is 0 Å². The van der Waals surface area contributed by atoms with Crippen molar-refractivity contribution in [2.45, 2.75) is 18.9 Å². The molecule has 1 aromatic heterocycles. The van der Waals surface area contributed by atoms with Crippen LogP contribution in [0.2, 0.25) is 0 Å². The van der Waals surface area contributed by atoms with E-state index < -0.39 is 0 Å². The van der Waals surface area contributed by atoms with Crippen molar-refractivity contribution in [3.8, 4) is 17.6 Å². The summed E-state index contributed by atoms with van der Waals surface area (Å²) in [5, 5.41) is 12.8. The van der Waals surface area contributed by atoms with Gasteiger partial charge < -0.3 is 19.7 Å². The molecule has 1 N–H and O–H groups in total. The smallest absolute Gasteiger partial charge is 0.183 e. The van der Waals surface area contributed by atoms with Crippen molar-refractivity contribution in [3.05, 3.63) is 36.3 Å². The van der Waals surface area contributed by atoms with Gasteiger partial charge in [0.15, 0.2) is 11.5 Å². The molecule has 130 valence electrons. The zero-order valence-corrected chi connectivity index (χ0v) is 14.4. The number of benzene rings is 1. The number of hydrogen-bond donors (Lipinski definition) is 1. The van der Waals surface area contributed by atoms with Crippen LogP contribution in [0.15, 0.2) is 30.6 Å². The van der Waals surface area contributed by atoms with Crippen LogP contribution in [0.1, 0.15) is 18.5 Å². The first-order chi connectivity index (χ1) is 12.2. The Balaban J connectivity index is 1.75. The van der Waals surface area contributed by atoms with E-state index in [9.17, 15) is 5.26 Å². The van der Waals surface area contributed by atoms with Crippen molar-refractivity contribution in [1.29, 1.82) is 5.26 Å². The molecule has 0 spiro atoms. The van der Waals surface area contributed by atoms with E-state index in [1.54, 1.807) is 26.6 Å². The lowest BCUT2D eigenvalue weighted by Crippen LogP contribution is -2.43. The lowest BCUT2D eigenvalue weighted by Gasteiger charge is -2.34. The van der Waals surface area contributed by atoms with Gasteiger partial charge in [-0.25, -0.2) is 9.97 Å². The monoisotopic (exact) mass is 339 g/mol. The molecule has 1 saturated heterocycles. The second-order valence-electron chi connectivity index (χ2n) is 5.87. The molecule has 0 aliphatic carbocycles. The number of nitriles is 1. The zero-order valence-electron chi connectivity index (χ0n) is 14.4. The Morgan fingerprint density at radius 1 is 1.16 bits per heavy atom. The molecule has 1 aliphatic heterocycles. The Morgan fingerprint density at radius 2 is 1.88 bits per heavy atom. The molecule has 0 radical (unpaired) electrons. The molecule has 7 heteroatoms. The van der Waals surface area contributed by atoms with Gasteiger partial charge in [-0.1, -0.05) is 0 Å². The third-order valence-corrected chi connectivity index (χ3v) is 4.23. The van der Waals surface area contributed by atoms with E-state index >= 15 is 0 Å². The molecule has 25 heavy (non-hydrogen) atoms. The first-order valence-corrected chi connectivity index (χ1v) is 8.19. The lowest BCUT2D eigenvalue weighted by atomic mass is 10.0. The standard InChI is InChI=1S/C18H21N5O2/c1-24-15-8-14(9-16(10-15)25-2)22-13-4-3-7-23(12-13)18-17(11-19)20-5-6-21-18/h5-6,8-10,13,22H,3-4,7,12H2,1-2H3. The van der Waals surface area contributed by atoms with Crippen LogP contribution in [-0.4, -0.2) is 43.3 Å². The summed E-state index contributed by atoms with van der Waals surface area (Å²) < 4.78 is 10.6. The Kier molecular flexibility index (Phi) is 5.19. The van der Waals surface area contributed by atoms with Gasteiger partial charge in [-0.05, 0) is 12.8 Å². The summed E-state index contributed by atoms with van der Waals surface area (Å²) in [6, 6.07) is 8.10. The molecule has 0 bridgehead atoms. The second-order valence-corrected chi connectivity index (χ2v) is 5.87. The molecule has 1 aromatic carbocycles. The fourth-order valence-electron chi connectivity index (χ4n) is 3.05. The van der Waals surface area contributed by atoms with E-state index in [-0.39, 0.29) is 6.04 Å². The SMILES string of the molecule is COc1cc(NC2CCCN(c3nccnc3C#N)C2)cc(OC)c1. The maximum absolute atomic E-state index is 9.24. The predicted octanol–water partition coefficient (Wildman–Crippen LogP) is 2.45. The maximum Gasteiger partial charge on any atom is 0.183 e. The summed E-state index contributed by atoms with van der Waals surface area (Å²) in [7, 11) is 3.27. The van der Waals surface area contributed by atoms with Crippen LogP contribution in [0.4, 0.5) is 11.5 Å². The Morgan fingerprint density at radius 3 is 2.56 bits per heavy atom. The molecule has 1 aliphatic rings. The van der Waals surface area contributed by atoms with Gasteiger partial charge in [-0.3, -0.25) is 0 Å². The van der Waals surface area contributed by atoms with E-state index in [0.717, 1.165) is 43.1 Å². The Bertz CT molecular complexity index is 752. The van der Waals surface area contributed by atoms with Crippen molar-refractivity contribution in [2.24, 2.45) is 0 Å². The van der Waals surface area contributed by atoms with Gasteiger partial charge in [0.25, 0.3) is 0 Å². The molecule has 0 saturated carbocycles. The molecule has 2 heterocycles. The number of hydrogen-bond acceptors (Lipinski definition) is 7. The number of piperidine rings is 1. The van der Waals surface area contributed by atoms with Crippen molar-refractivity contribution in [2.75, 3.05) is 37.5 Å². The van der Waals surface area contributed by atoms with Crippen molar-refractivity contribution >= 4 is 11.5 Å². The average molecular weight is 339 g/mol. The number of nitrogens with zero attached hydrogens (tertiary/aromatic N) is 4. The van der Waals surface area contributed by atoms with Crippen LogP contribution in [0.5, 0.6) is 11.5 Å². The van der Waals surface area contributed by atoms with Gasteiger partial charge in [-0.15, -0.1) is 0 Å². The highest BCUT2D eigenvalue weighted by Crippen LogP contribution is 2.28. The molecule has 3 rings (SSSR count). The number of aromatic nitrogens is 2. The number of nitrogens with one attached hydrogen (secondary N) is 1. The van der Waals surface area contributed by atoms with Crippen molar-refractivity contribution in [3.63, 3.8) is 0 Å². The fraction of sp³-hybridized carbons (Fsp3) is 0.389. The summed E-state index contributed by atoms with van der Waals surface area (Å²) in [5.41, 5.74) is 1.31. The van der Waals surface area contributed by atoms with Gasteiger partial charge >= 0.3 is 0 Å². The Hall–Kier alpha value is -3.01. The van der Waals surface area contributed by atoms with Gasteiger partial charge in [0.2, 0.25) is 0 Å². The van der Waals surface area contributed by atoms with Crippen LogP contribution < -0.4 is 19.7 Å². The minimum atomic E-state index is 0.235. The number of methoxy groups -OCH3 is 2. The topological polar surface area (TPSA) is 83.3 Å². The van der Waals surface area contributed by atoms with E-state index in [0.29, 0.717) is 11.5 Å². The molecule has 2 aromatic rings. The minimum Gasteiger partial charge on any atom is -0.497 e. The quantitative estimate of drug-likeness (QED) is 0.895. The summed E-state index contributed by atoms with van der Waals surface area (Å²) in [6.07, 6.45) is 5.22. The summed E-state index contributed by atoms with van der Waals surface area (Å²) in [4.78, 5) is 10.6. The molecule has 1 atom stereocenters. The number of rotatable bonds is 5. The zero-order chi connectivity index (χ0) is 17.6. The van der Waals surface area contributed by atoms with E-state index in [1.807, 2.05) is 18.2 Å². The minimum absolute atomic E-state index is 0.235. The van der Waals surface area contributed by atoms with Gasteiger partial charge in [0.05, 0.1) is 14.2 Å². The molecule has 0 amide bonds. The molecule has 7 nitrogen and oxygen atoms in total. The average Bonchev–Trinajstić information content (AvgIpc) is 2.67. The normalized spacial score (nSPS) is 16.8. The highest BCUT2D eigenvalue weighted by molar-refractivity contribution is 5.55. The highest BCUT2D eigenvalue weighted by atomic mass is 16.5. The van der Waals surface area contributed by atoms with Crippen molar-refractivity contribution in [1.82, 2.24) is 9.97 Å². The van der Waals surface area contributed by atoms with Crippen molar-refractivity contribution < 1.29 is 9.47 Å². The van der Waals surface area contributed by atoms with E-state index in [1.165, 1.54) is 0 Å². The van der Waals surface area contributed by atoms with Crippen LogP contribution in [0, 0.1) is 11.3 Å². The first-order valence-electron chi connectivity index (χ1n) is 8.19. The molecule has 1 unspecified atom stereocenters. The highest BCUT2D eigenvalue weighted by Gasteiger charge is 2.23. The Labute approximate surface area is 147 Å². The predicted molar refractivity (Wildman–Crippen MR) is 95.2 cm³/mol. The fourth-order valence-corrected chi connectivity index (χ4v) is 3.05. The van der Waals surface area contributed by atoms with Crippen LogP contribution in [0.25, 0.3) is 0 Å². The van der Waals surface area contributed by atoms with E-state index in [4.69, 9.17) is 9.47 Å². The maximum atomic E-state index is 9.24. The lowest BCUT2D eigenvalue weighted by molar-refractivity contribution is 0.394. The largest absolute Gasteiger partial charge is 0.497 e. The third-order valence-electron chi connectivity index (χ3n) is 4.23. The first kappa shape index (κ1) is 16.8. The van der Waals surface area contributed by atoms with E-state index in [2.05, 4.69) is 26.3 Å². The van der Waals surface area contributed by atoms with Crippen LogP contribution in [0.3, 0.4) is 0 Å².